The van der Waals surface area contributed by atoms with E-state index in [1.165, 1.54) is 0 Å². The Labute approximate surface area is 118 Å². The fourth-order valence-electron chi connectivity index (χ4n) is 2.03. The largest absolute Gasteiger partial charge is 0.466 e. The first-order valence-electron chi connectivity index (χ1n) is 6.55. The smallest absolute Gasteiger partial charge is 0.313 e. The second-order valence-corrected chi connectivity index (χ2v) is 4.32. The van der Waals surface area contributed by atoms with Gasteiger partial charge in [0.15, 0.2) is 5.78 Å². The Bertz CT molecular complexity index is 603. The van der Waals surface area contributed by atoms with Crippen molar-refractivity contribution in [1.82, 2.24) is 0 Å². The van der Waals surface area contributed by atoms with Crippen LogP contribution in [0.3, 0.4) is 0 Å². The maximum absolute atomic E-state index is 12.2. The summed E-state index contributed by atoms with van der Waals surface area (Å²) in [5.74, 6) is -0.705. The minimum absolute atomic E-state index is 0.220. The summed E-state index contributed by atoms with van der Waals surface area (Å²) in [7, 11) is 0. The molecule has 0 atom stereocenters. The van der Waals surface area contributed by atoms with Crippen LogP contribution in [0.1, 0.15) is 23.7 Å². The average Bonchev–Trinajstić information content (AvgIpc) is 2.48. The van der Waals surface area contributed by atoms with Gasteiger partial charge in [-0.15, -0.1) is 0 Å². The molecule has 0 aliphatic heterocycles. The van der Waals surface area contributed by atoms with Crippen LogP contribution in [0.15, 0.2) is 54.6 Å². The van der Waals surface area contributed by atoms with Crippen molar-refractivity contribution in [2.45, 2.75) is 13.3 Å². The number of hydrogen-bond donors (Lipinski definition) is 0. The van der Waals surface area contributed by atoms with E-state index in [0.717, 1.165) is 11.1 Å². The van der Waals surface area contributed by atoms with Crippen LogP contribution in [-0.2, 0) is 9.53 Å². The van der Waals surface area contributed by atoms with Crippen LogP contribution >= 0.6 is 0 Å². The molecule has 0 fully saturated rings. The summed E-state index contributed by atoms with van der Waals surface area (Å²) in [6, 6.07) is 16.9. The molecule has 3 nitrogen and oxygen atoms in total. The van der Waals surface area contributed by atoms with E-state index in [-0.39, 0.29) is 18.8 Å². The molecule has 0 saturated carbocycles. The van der Waals surface area contributed by atoms with Crippen LogP contribution in [0.4, 0.5) is 0 Å². The number of Topliss-reactive ketones (excluding diaryl/α,β-unsaturated/α-hetero) is 1. The van der Waals surface area contributed by atoms with Crippen LogP contribution in [0.25, 0.3) is 11.1 Å². The first-order valence-corrected chi connectivity index (χ1v) is 6.55. The summed E-state index contributed by atoms with van der Waals surface area (Å²) < 4.78 is 4.82. The van der Waals surface area contributed by atoms with Gasteiger partial charge in [-0.2, -0.15) is 0 Å². The number of ketones is 1. The first kappa shape index (κ1) is 14.0. The van der Waals surface area contributed by atoms with Gasteiger partial charge in [0.25, 0.3) is 0 Å². The lowest BCUT2D eigenvalue weighted by atomic mass is 9.96. The third-order valence-corrected chi connectivity index (χ3v) is 2.92. The normalized spacial score (nSPS) is 10.1. The molecule has 0 unspecified atom stereocenters. The van der Waals surface area contributed by atoms with Crippen LogP contribution < -0.4 is 0 Å². The highest BCUT2D eigenvalue weighted by atomic mass is 16.5. The molecule has 2 rings (SSSR count). The van der Waals surface area contributed by atoms with E-state index >= 15 is 0 Å². The van der Waals surface area contributed by atoms with Crippen LogP contribution in [-0.4, -0.2) is 18.4 Å². The molecule has 102 valence electrons. The van der Waals surface area contributed by atoms with Crippen LogP contribution in [0, 0.1) is 0 Å². The summed E-state index contributed by atoms with van der Waals surface area (Å²) in [6.45, 7) is 2.01. The molecule has 2 aromatic carbocycles. The van der Waals surface area contributed by atoms with E-state index in [2.05, 4.69) is 0 Å². The Hall–Kier alpha value is -2.42. The molecule has 0 aliphatic rings. The second-order valence-electron chi connectivity index (χ2n) is 4.32. The fourth-order valence-corrected chi connectivity index (χ4v) is 2.03. The Morgan fingerprint density at radius 1 is 0.950 bits per heavy atom. The molecule has 0 aromatic heterocycles. The molecular weight excluding hydrogens is 252 g/mol. The predicted molar refractivity (Wildman–Crippen MR) is 77.5 cm³/mol. The molecule has 0 spiro atoms. The number of benzene rings is 2. The number of ether oxygens (including phenoxy) is 1. The number of carbonyl (C=O) groups excluding carboxylic acids is 2. The van der Waals surface area contributed by atoms with E-state index in [1.807, 2.05) is 42.5 Å². The van der Waals surface area contributed by atoms with Gasteiger partial charge in [-0.1, -0.05) is 54.6 Å². The van der Waals surface area contributed by atoms with E-state index in [9.17, 15) is 9.59 Å². The van der Waals surface area contributed by atoms with Gasteiger partial charge in [-0.3, -0.25) is 9.59 Å². The number of esters is 1. The highest BCUT2D eigenvalue weighted by Crippen LogP contribution is 2.24. The summed E-state index contributed by atoms with van der Waals surface area (Å²) in [5.41, 5.74) is 2.34. The summed E-state index contributed by atoms with van der Waals surface area (Å²) in [5, 5.41) is 0. The number of hydrogen-bond acceptors (Lipinski definition) is 3. The van der Waals surface area contributed by atoms with Crippen LogP contribution in [0.5, 0.6) is 0 Å². The van der Waals surface area contributed by atoms with E-state index in [1.54, 1.807) is 19.1 Å². The zero-order valence-corrected chi connectivity index (χ0v) is 11.3. The van der Waals surface area contributed by atoms with E-state index in [0.29, 0.717) is 5.56 Å². The second kappa shape index (κ2) is 6.66. The van der Waals surface area contributed by atoms with Crippen molar-refractivity contribution >= 4 is 11.8 Å². The lowest BCUT2D eigenvalue weighted by Crippen LogP contribution is -2.12. The summed E-state index contributed by atoms with van der Waals surface area (Å²) in [6.07, 6.45) is -0.225. The zero-order valence-electron chi connectivity index (χ0n) is 11.3. The van der Waals surface area contributed by atoms with Gasteiger partial charge < -0.3 is 4.74 Å². The van der Waals surface area contributed by atoms with Gasteiger partial charge in [0, 0.05) is 5.56 Å². The molecule has 3 heteroatoms. The van der Waals surface area contributed by atoms with Crippen molar-refractivity contribution in [3.63, 3.8) is 0 Å². The van der Waals surface area contributed by atoms with Crippen molar-refractivity contribution in [2.75, 3.05) is 6.61 Å². The Kier molecular flexibility index (Phi) is 4.66. The minimum atomic E-state index is -0.486. The lowest BCUT2D eigenvalue weighted by Gasteiger charge is -2.08. The molecule has 0 N–H and O–H groups in total. The zero-order chi connectivity index (χ0) is 14.4. The number of rotatable bonds is 5. The molecule has 2 aromatic rings. The molecule has 0 aliphatic carbocycles. The predicted octanol–water partition coefficient (Wildman–Crippen LogP) is 3.49. The van der Waals surface area contributed by atoms with Crippen molar-refractivity contribution < 1.29 is 14.3 Å². The van der Waals surface area contributed by atoms with Gasteiger partial charge in [0.1, 0.15) is 6.42 Å². The minimum Gasteiger partial charge on any atom is -0.466 e. The van der Waals surface area contributed by atoms with Gasteiger partial charge >= 0.3 is 5.97 Å². The SMILES string of the molecule is CCOC(=O)CC(=O)c1ccccc1-c1ccccc1. The maximum Gasteiger partial charge on any atom is 0.313 e. The third-order valence-electron chi connectivity index (χ3n) is 2.92. The quantitative estimate of drug-likeness (QED) is 0.473. The molecule has 0 saturated heterocycles. The summed E-state index contributed by atoms with van der Waals surface area (Å²) >= 11 is 0. The Balaban J connectivity index is 2.29. The highest BCUT2D eigenvalue weighted by Gasteiger charge is 2.16. The number of carbonyl (C=O) groups is 2. The maximum atomic E-state index is 12.2. The monoisotopic (exact) mass is 268 g/mol. The lowest BCUT2D eigenvalue weighted by molar-refractivity contribution is -0.141. The fraction of sp³-hybridized carbons (Fsp3) is 0.176. The topological polar surface area (TPSA) is 43.4 Å². The van der Waals surface area contributed by atoms with Crippen LogP contribution in [0.2, 0.25) is 0 Å². The van der Waals surface area contributed by atoms with Crippen molar-refractivity contribution in [3.8, 4) is 11.1 Å². The van der Waals surface area contributed by atoms with Crippen molar-refractivity contribution in [3.05, 3.63) is 60.2 Å². The molecule has 0 bridgehead atoms. The molecule has 0 heterocycles. The van der Waals surface area contributed by atoms with E-state index in [4.69, 9.17) is 4.74 Å². The van der Waals surface area contributed by atoms with Gasteiger partial charge in [0.2, 0.25) is 0 Å². The Morgan fingerprint density at radius 3 is 2.30 bits per heavy atom. The first-order chi connectivity index (χ1) is 9.72. The van der Waals surface area contributed by atoms with Gasteiger partial charge in [0.05, 0.1) is 6.61 Å². The molecule has 0 amide bonds. The van der Waals surface area contributed by atoms with E-state index < -0.39 is 5.97 Å². The molecular formula is C17H16O3. The average molecular weight is 268 g/mol. The molecule has 0 radical (unpaired) electrons. The van der Waals surface area contributed by atoms with Crippen molar-refractivity contribution in [1.29, 1.82) is 0 Å². The third kappa shape index (κ3) is 3.32. The van der Waals surface area contributed by atoms with Gasteiger partial charge in [-0.25, -0.2) is 0 Å². The Morgan fingerprint density at radius 2 is 1.60 bits per heavy atom. The standard InChI is InChI=1S/C17H16O3/c1-2-20-17(19)12-16(18)15-11-7-6-10-14(15)13-8-4-3-5-9-13/h3-11H,2,12H2,1H3. The molecule has 20 heavy (non-hydrogen) atoms. The van der Waals surface area contributed by atoms with Gasteiger partial charge in [-0.05, 0) is 18.1 Å². The summed E-state index contributed by atoms with van der Waals surface area (Å²) in [4.78, 5) is 23.7. The highest BCUT2D eigenvalue weighted by molar-refractivity contribution is 6.09. The van der Waals surface area contributed by atoms with Crippen molar-refractivity contribution in [2.24, 2.45) is 0 Å².